The number of carbonyl (C=O) groups excluding carboxylic acids is 2. The molecule has 0 spiro atoms. The fourth-order valence-corrected chi connectivity index (χ4v) is 4.58. The summed E-state index contributed by atoms with van der Waals surface area (Å²) < 4.78 is 31.7. The molecule has 166 valence electrons. The van der Waals surface area contributed by atoms with Gasteiger partial charge in [-0.15, -0.1) is 0 Å². The largest absolute Gasteiger partial charge is 0.459 e. The van der Waals surface area contributed by atoms with Gasteiger partial charge in [0.1, 0.15) is 0 Å². The second-order valence-electron chi connectivity index (χ2n) is 6.87. The number of nitrogens with one attached hydrogen (secondary N) is 1. The molecule has 1 fully saturated rings. The van der Waals surface area contributed by atoms with Crippen LogP contribution in [0.3, 0.4) is 0 Å². The first kappa shape index (κ1) is 22.4. The van der Waals surface area contributed by atoms with Crippen molar-refractivity contribution in [2.75, 3.05) is 32.7 Å². The number of carbonyl (C=O) groups is 2. The average Bonchev–Trinajstić information content (AvgIpc) is 3.31. The Morgan fingerprint density at radius 2 is 1.77 bits per heavy atom. The van der Waals surface area contributed by atoms with E-state index >= 15 is 0 Å². The van der Waals surface area contributed by atoms with E-state index in [1.165, 1.54) is 22.7 Å². The van der Waals surface area contributed by atoms with Crippen LogP contribution in [0.4, 0.5) is 5.69 Å². The molecule has 11 nitrogen and oxygen atoms in total. The van der Waals surface area contributed by atoms with E-state index in [-0.39, 0.29) is 60.8 Å². The van der Waals surface area contributed by atoms with E-state index in [1.54, 1.807) is 17.0 Å². The topological polar surface area (TPSA) is 143 Å². The Morgan fingerprint density at radius 3 is 2.35 bits per heavy atom. The molecule has 0 unspecified atom stereocenters. The molecule has 0 saturated carbocycles. The van der Waals surface area contributed by atoms with Crippen molar-refractivity contribution in [1.29, 1.82) is 0 Å². The van der Waals surface area contributed by atoms with Crippen LogP contribution in [0.1, 0.15) is 23.4 Å². The number of hydrogen-bond donors (Lipinski definition) is 1. The Kier molecular flexibility index (Phi) is 7.02. The second kappa shape index (κ2) is 9.71. The van der Waals surface area contributed by atoms with Gasteiger partial charge in [-0.1, -0.05) is 0 Å². The predicted molar refractivity (Wildman–Crippen MR) is 109 cm³/mol. The minimum atomic E-state index is -3.79. The zero-order valence-corrected chi connectivity index (χ0v) is 17.4. The zero-order valence-electron chi connectivity index (χ0n) is 16.6. The number of sulfonamides is 1. The summed E-state index contributed by atoms with van der Waals surface area (Å²) in [4.78, 5) is 35.8. The average molecular weight is 450 g/mol. The molecule has 0 radical (unpaired) electrons. The number of furan rings is 1. The van der Waals surface area contributed by atoms with Crippen LogP contribution in [0.5, 0.6) is 0 Å². The van der Waals surface area contributed by atoms with Crippen molar-refractivity contribution in [2.45, 2.75) is 17.7 Å². The lowest BCUT2D eigenvalue weighted by Crippen LogP contribution is -2.50. The van der Waals surface area contributed by atoms with Crippen molar-refractivity contribution in [1.82, 2.24) is 14.5 Å². The third-order valence-corrected chi connectivity index (χ3v) is 6.79. The molecule has 0 bridgehead atoms. The summed E-state index contributed by atoms with van der Waals surface area (Å²) in [5.41, 5.74) is -0.185. The maximum absolute atomic E-state index is 12.7. The maximum atomic E-state index is 12.7. The first-order valence-corrected chi connectivity index (χ1v) is 11.1. The summed E-state index contributed by atoms with van der Waals surface area (Å²) in [5.74, 6) is -0.251. The summed E-state index contributed by atoms with van der Waals surface area (Å²) in [5, 5.41) is 13.4. The number of amides is 2. The van der Waals surface area contributed by atoms with Crippen LogP contribution < -0.4 is 5.32 Å². The second-order valence-corrected chi connectivity index (χ2v) is 8.81. The van der Waals surface area contributed by atoms with Gasteiger partial charge in [-0.3, -0.25) is 19.7 Å². The SMILES string of the molecule is O=C(NCCCC(=O)N1CCN(S(=O)(=O)c2ccc([N+](=O)[O-])cc2)CC1)c1ccco1. The van der Waals surface area contributed by atoms with Crippen LogP contribution >= 0.6 is 0 Å². The monoisotopic (exact) mass is 450 g/mol. The van der Waals surface area contributed by atoms with Crippen LogP contribution in [-0.4, -0.2) is 67.1 Å². The van der Waals surface area contributed by atoms with Crippen molar-refractivity contribution in [3.63, 3.8) is 0 Å². The molecule has 12 heteroatoms. The highest BCUT2D eigenvalue weighted by molar-refractivity contribution is 7.89. The highest BCUT2D eigenvalue weighted by atomic mass is 32.2. The molecule has 1 aromatic heterocycles. The van der Waals surface area contributed by atoms with Gasteiger partial charge in [-0.2, -0.15) is 4.31 Å². The molecule has 3 rings (SSSR count). The Bertz CT molecular complexity index is 1030. The van der Waals surface area contributed by atoms with Gasteiger partial charge in [0.15, 0.2) is 5.76 Å². The molecular formula is C19H22N4O7S. The lowest BCUT2D eigenvalue weighted by Gasteiger charge is -2.34. The molecule has 0 aliphatic carbocycles. The van der Waals surface area contributed by atoms with Gasteiger partial charge in [0.05, 0.1) is 16.1 Å². The van der Waals surface area contributed by atoms with Crippen molar-refractivity contribution < 1.29 is 27.3 Å². The molecular weight excluding hydrogens is 428 g/mol. The quantitative estimate of drug-likeness (QED) is 0.362. The van der Waals surface area contributed by atoms with E-state index < -0.39 is 14.9 Å². The molecule has 31 heavy (non-hydrogen) atoms. The summed E-state index contributed by atoms with van der Waals surface area (Å²) in [6, 6.07) is 7.88. The number of nitro groups is 1. The summed E-state index contributed by atoms with van der Waals surface area (Å²) in [6.07, 6.45) is 2.08. The van der Waals surface area contributed by atoms with Crippen LogP contribution in [-0.2, 0) is 14.8 Å². The first-order valence-electron chi connectivity index (χ1n) is 9.63. The Hall–Kier alpha value is -3.25. The van der Waals surface area contributed by atoms with Gasteiger partial charge in [0.2, 0.25) is 15.9 Å². The normalized spacial score (nSPS) is 14.9. The molecule has 2 aromatic rings. The van der Waals surface area contributed by atoms with Crippen molar-refractivity contribution in [3.8, 4) is 0 Å². The van der Waals surface area contributed by atoms with Gasteiger partial charge < -0.3 is 14.6 Å². The number of nitrogens with zero attached hydrogens (tertiary/aromatic N) is 3. The van der Waals surface area contributed by atoms with E-state index in [2.05, 4.69) is 5.32 Å². The number of benzene rings is 1. The maximum Gasteiger partial charge on any atom is 0.286 e. The van der Waals surface area contributed by atoms with Crippen LogP contribution in [0.15, 0.2) is 52.0 Å². The van der Waals surface area contributed by atoms with Crippen molar-refractivity contribution >= 4 is 27.5 Å². The summed E-state index contributed by atoms with van der Waals surface area (Å²) >= 11 is 0. The molecule has 1 saturated heterocycles. The Balaban J connectivity index is 1.44. The number of hydrogen-bond acceptors (Lipinski definition) is 7. The van der Waals surface area contributed by atoms with Crippen LogP contribution in [0, 0.1) is 10.1 Å². The minimum absolute atomic E-state index is 0.0230. The van der Waals surface area contributed by atoms with E-state index in [1.807, 2.05) is 0 Å². The van der Waals surface area contributed by atoms with E-state index in [0.29, 0.717) is 13.0 Å². The lowest BCUT2D eigenvalue weighted by atomic mass is 10.2. The number of nitro benzene ring substituents is 1. The summed E-state index contributed by atoms with van der Waals surface area (Å²) in [6.45, 7) is 1.11. The van der Waals surface area contributed by atoms with E-state index in [0.717, 1.165) is 12.1 Å². The van der Waals surface area contributed by atoms with Gasteiger partial charge in [0, 0.05) is 51.3 Å². The minimum Gasteiger partial charge on any atom is -0.459 e. The third kappa shape index (κ3) is 5.47. The lowest BCUT2D eigenvalue weighted by molar-refractivity contribution is -0.384. The smallest absolute Gasteiger partial charge is 0.286 e. The molecule has 1 N–H and O–H groups in total. The standard InChI is InChI=1S/C19H22N4O7S/c24-18(4-1-9-20-19(25)17-3-2-14-30-17)21-10-12-22(13-11-21)31(28,29)16-7-5-15(6-8-16)23(26)27/h2-3,5-8,14H,1,4,9-13H2,(H,20,25). The van der Waals surface area contributed by atoms with Gasteiger partial charge in [-0.25, -0.2) is 8.42 Å². The highest BCUT2D eigenvalue weighted by Crippen LogP contribution is 2.21. The number of rotatable bonds is 8. The van der Waals surface area contributed by atoms with Crippen LogP contribution in [0.2, 0.25) is 0 Å². The zero-order chi connectivity index (χ0) is 22.4. The van der Waals surface area contributed by atoms with Crippen molar-refractivity contribution in [2.24, 2.45) is 0 Å². The van der Waals surface area contributed by atoms with Gasteiger partial charge in [0.25, 0.3) is 11.6 Å². The van der Waals surface area contributed by atoms with E-state index in [9.17, 15) is 28.1 Å². The van der Waals surface area contributed by atoms with E-state index in [4.69, 9.17) is 4.42 Å². The molecule has 2 amide bonds. The molecule has 0 atom stereocenters. The Morgan fingerprint density at radius 1 is 1.10 bits per heavy atom. The Labute approximate surface area is 178 Å². The fraction of sp³-hybridized carbons (Fsp3) is 0.368. The van der Waals surface area contributed by atoms with Gasteiger partial charge in [-0.05, 0) is 30.7 Å². The summed E-state index contributed by atoms with van der Waals surface area (Å²) in [7, 11) is -3.79. The highest BCUT2D eigenvalue weighted by Gasteiger charge is 2.30. The molecule has 1 aliphatic rings. The first-order chi connectivity index (χ1) is 14.8. The molecule has 1 aromatic carbocycles. The fourth-order valence-electron chi connectivity index (χ4n) is 3.16. The van der Waals surface area contributed by atoms with Crippen molar-refractivity contribution in [3.05, 3.63) is 58.5 Å². The predicted octanol–water partition coefficient (Wildman–Crippen LogP) is 1.23. The number of piperazine rings is 1. The third-order valence-electron chi connectivity index (χ3n) is 4.87. The number of non-ortho nitro benzene ring substituents is 1. The van der Waals surface area contributed by atoms with Gasteiger partial charge >= 0.3 is 0 Å². The molecule has 1 aliphatic heterocycles. The van der Waals surface area contributed by atoms with Crippen LogP contribution in [0.25, 0.3) is 0 Å². The molecule has 2 heterocycles.